The average molecular weight is 459 g/mol. The van der Waals surface area contributed by atoms with Gasteiger partial charge in [0.2, 0.25) is 0 Å². The molecule has 33 heavy (non-hydrogen) atoms. The Kier molecular flexibility index (Phi) is 8.05. The van der Waals surface area contributed by atoms with Crippen molar-refractivity contribution in [2.45, 2.75) is 45.6 Å². The molecule has 0 amide bonds. The number of ether oxygens (including phenoxy) is 1. The summed E-state index contributed by atoms with van der Waals surface area (Å²) in [7, 11) is 0. The topological polar surface area (TPSA) is 34.1 Å². The quantitative estimate of drug-likeness (QED) is 0.364. The van der Waals surface area contributed by atoms with Crippen LogP contribution in [-0.2, 0) is 0 Å². The van der Waals surface area contributed by atoms with Crippen LogP contribution in [0, 0.1) is 24.7 Å². The summed E-state index contributed by atoms with van der Waals surface area (Å²) >= 11 is 5.97. The zero-order chi connectivity index (χ0) is 23.0. The number of pyridine rings is 1. The summed E-state index contributed by atoms with van der Waals surface area (Å²) in [4.78, 5) is 4.49. The van der Waals surface area contributed by atoms with Crippen LogP contribution >= 0.6 is 11.6 Å². The molecule has 1 atom stereocenters. The fourth-order valence-electron chi connectivity index (χ4n) is 3.93. The number of halogens is 1. The van der Waals surface area contributed by atoms with E-state index in [4.69, 9.17) is 16.3 Å². The predicted octanol–water partition coefficient (Wildman–Crippen LogP) is 6.66. The smallest absolute Gasteiger partial charge is 0.122 e. The van der Waals surface area contributed by atoms with Gasteiger partial charge in [0.15, 0.2) is 0 Å². The van der Waals surface area contributed by atoms with E-state index >= 15 is 0 Å². The largest absolute Gasteiger partial charge is 0.493 e. The number of nitrogens with zero attached hydrogens (tertiary/aromatic N) is 1. The summed E-state index contributed by atoms with van der Waals surface area (Å²) in [5.41, 5.74) is 4.95. The first-order chi connectivity index (χ1) is 16.1. The van der Waals surface area contributed by atoms with Gasteiger partial charge in [0.25, 0.3) is 0 Å². The van der Waals surface area contributed by atoms with E-state index in [0.29, 0.717) is 6.04 Å². The lowest BCUT2D eigenvalue weighted by atomic mass is 10.1. The second-order valence-corrected chi connectivity index (χ2v) is 9.14. The van der Waals surface area contributed by atoms with Crippen LogP contribution in [0.5, 0.6) is 5.75 Å². The third kappa shape index (κ3) is 6.84. The minimum atomic E-state index is 0.592. The maximum Gasteiger partial charge on any atom is 0.122 e. The second kappa shape index (κ2) is 11.4. The predicted molar refractivity (Wildman–Crippen MR) is 137 cm³/mol. The molecule has 3 nitrogen and oxygen atoms in total. The Bertz CT molecular complexity index is 1110. The Labute approximate surface area is 202 Å². The van der Waals surface area contributed by atoms with Crippen molar-refractivity contribution in [3.8, 4) is 28.7 Å². The van der Waals surface area contributed by atoms with Crippen molar-refractivity contribution in [2.75, 3.05) is 13.2 Å². The van der Waals surface area contributed by atoms with E-state index in [-0.39, 0.29) is 0 Å². The molecule has 3 aromatic rings. The lowest BCUT2D eigenvalue weighted by Gasteiger charge is -2.18. The Balaban J connectivity index is 1.33. The van der Waals surface area contributed by atoms with E-state index in [0.717, 1.165) is 64.2 Å². The number of nitrogens with one attached hydrogen (secondary N) is 1. The third-order valence-electron chi connectivity index (χ3n) is 5.98. The summed E-state index contributed by atoms with van der Waals surface area (Å²) in [6, 6.07) is 18.5. The molecule has 1 aliphatic carbocycles. The molecule has 1 aliphatic rings. The lowest BCUT2D eigenvalue weighted by molar-refractivity contribution is 0.274. The van der Waals surface area contributed by atoms with Gasteiger partial charge >= 0.3 is 0 Å². The van der Waals surface area contributed by atoms with Crippen LogP contribution in [0.2, 0.25) is 5.02 Å². The third-order valence-corrected chi connectivity index (χ3v) is 6.24. The minimum absolute atomic E-state index is 0.592. The van der Waals surface area contributed by atoms with Crippen LogP contribution in [0.1, 0.15) is 49.4 Å². The average Bonchev–Trinajstić information content (AvgIpc) is 3.67. The second-order valence-electron chi connectivity index (χ2n) is 8.70. The summed E-state index contributed by atoms with van der Waals surface area (Å²) in [5, 5.41) is 4.41. The van der Waals surface area contributed by atoms with Crippen molar-refractivity contribution in [3.63, 3.8) is 0 Å². The maximum absolute atomic E-state index is 6.10. The lowest BCUT2D eigenvalue weighted by Crippen LogP contribution is -2.33. The fourth-order valence-corrected chi connectivity index (χ4v) is 4.06. The van der Waals surface area contributed by atoms with Crippen LogP contribution < -0.4 is 10.1 Å². The van der Waals surface area contributed by atoms with Gasteiger partial charge in [-0.15, -0.1) is 0 Å². The van der Waals surface area contributed by atoms with Gasteiger partial charge in [-0.3, -0.25) is 0 Å². The molecule has 0 saturated heterocycles. The number of hydrogen-bond acceptors (Lipinski definition) is 3. The van der Waals surface area contributed by atoms with Crippen molar-refractivity contribution in [2.24, 2.45) is 5.92 Å². The highest BCUT2D eigenvalue weighted by molar-refractivity contribution is 6.30. The van der Waals surface area contributed by atoms with Crippen LogP contribution in [0.25, 0.3) is 11.1 Å². The number of aryl methyl sites for hydroxylation is 1. The number of benzene rings is 2. The zero-order valence-corrected chi connectivity index (χ0v) is 20.2. The van der Waals surface area contributed by atoms with Gasteiger partial charge in [-0.05, 0) is 98.5 Å². The first-order valence-corrected chi connectivity index (χ1v) is 12.2. The van der Waals surface area contributed by atoms with Gasteiger partial charge in [0.05, 0.1) is 6.61 Å². The van der Waals surface area contributed by atoms with Crippen LogP contribution in [0.4, 0.5) is 0 Å². The molecule has 4 rings (SSSR count). The molecule has 0 aliphatic heterocycles. The Morgan fingerprint density at radius 2 is 1.85 bits per heavy atom. The van der Waals surface area contributed by atoms with E-state index in [9.17, 15) is 0 Å². The molecule has 0 bridgehead atoms. The normalized spacial score (nSPS) is 13.8. The molecule has 1 fully saturated rings. The van der Waals surface area contributed by atoms with Crippen molar-refractivity contribution in [1.29, 1.82) is 0 Å². The maximum atomic E-state index is 6.10. The molecule has 1 unspecified atom stereocenters. The molecule has 0 spiro atoms. The molecule has 1 aromatic heterocycles. The number of rotatable bonds is 9. The first kappa shape index (κ1) is 23.4. The van der Waals surface area contributed by atoms with Crippen LogP contribution in [0.3, 0.4) is 0 Å². The summed E-state index contributed by atoms with van der Waals surface area (Å²) in [6.07, 6.45) is 6.79. The van der Waals surface area contributed by atoms with E-state index in [1.807, 2.05) is 54.7 Å². The van der Waals surface area contributed by atoms with E-state index < -0.39 is 0 Å². The highest BCUT2D eigenvalue weighted by Gasteiger charge is 2.30. The van der Waals surface area contributed by atoms with Gasteiger partial charge < -0.3 is 10.1 Å². The van der Waals surface area contributed by atoms with Crippen molar-refractivity contribution in [1.82, 2.24) is 10.3 Å². The van der Waals surface area contributed by atoms with Crippen molar-refractivity contribution in [3.05, 3.63) is 82.6 Å². The van der Waals surface area contributed by atoms with Gasteiger partial charge in [0, 0.05) is 28.4 Å². The van der Waals surface area contributed by atoms with Crippen molar-refractivity contribution >= 4 is 11.6 Å². The minimum Gasteiger partial charge on any atom is -0.493 e. The molecular weight excluding hydrogens is 428 g/mol. The number of hydrogen-bond donors (Lipinski definition) is 1. The number of aromatic nitrogens is 1. The Hall–Kier alpha value is -2.80. The molecule has 1 N–H and O–H groups in total. The highest BCUT2D eigenvalue weighted by Crippen LogP contribution is 2.34. The zero-order valence-electron chi connectivity index (χ0n) is 19.4. The van der Waals surface area contributed by atoms with Gasteiger partial charge in [-0.25, -0.2) is 4.98 Å². The van der Waals surface area contributed by atoms with Gasteiger partial charge in [0.1, 0.15) is 11.4 Å². The van der Waals surface area contributed by atoms with E-state index in [2.05, 4.69) is 42.1 Å². The van der Waals surface area contributed by atoms with Crippen LogP contribution in [0.15, 0.2) is 60.8 Å². The van der Waals surface area contributed by atoms with E-state index in [1.165, 1.54) is 19.3 Å². The first-order valence-electron chi connectivity index (χ1n) is 11.8. The molecule has 4 heteroatoms. The molecule has 0 radical (unpaired) electrons. The summed E-state index contributed by atoms with van der Waals surface area (Å²) in [6.45, 7) is 6.13. The summed E-state index contributed by atoms with van der Waals surface area (Å²) in [5.74, 6) is 8.16. The van der Waals surface area contributed by atoms with Gasteiger partial charge in [-0.2, -0.15) is 0 Å². The molecule has 170 valence electrons. The molecular formula is C29H31ClN2O. The standard InChI is InChI=1S/C29H31ClN2O/c1-3-17-31-28(24-6-7-24)16-18-33-29-15-5-22(19-21(29)2)4-13-27-14-10-25(20-32-27)23-8-11-26(30)12-9-23/h5,8-12,14-15,19-20,24,28,31H,3,6-7,16-18H2,1-2H3. The highest BCUT2D eigenvalue weighted by atomic mass is 35.5. The monoisotopic (exact) mass is 458 g/mol. The van der Waals surface area contributed by atoms with Crippen LogP contribution in [-0.4, -0.2) is 24.2 Å². The summed E-state index contributed by atoms with van der Waals surface area (Å²) < 4.78 is 6.10. The molecule has 2 aromatic carbocycles. The van der Waals surface area contributed by atoms with Crippen molar-refractivity contribution < 1.29 is 4.74 Å². The fraction of sp³-hybridized carbons (Fsp3) is 0.345. The Morgan fingerprint density at radius 1 is 1.06 bits per heavy atom. The Morgan fingerprint density at radius 3 is 2.52 bits per heavy atom. The van der Waals surface area contributed by atoms with Gasteiger partial charge in [-0.1, -0.05) is 42.6 Å². The SMILES string of the molecule is CCCNC(CCOc1ccc(C#Cc2ccc(-c3ccc(Cl)cc3)cn2)cc1C)C1CC1. The molecule has 1 heterocycles. The molecule has 1 saturated carbocycles. The van der Waals surface area contributed by atoms with E-state index in [1.54, 1.807) is 0 Å².